The summed E-state index contributed by atoms with van der Waals surface area (Å²) in [4.78, 5) is 9.45. The van der Waals surface area contributed by atoms with Gasteiger partial charge in [0.25, 0.3) is 0 Å². The lowest BCUT2D eigenvalue weighted by Crippen LogP contribution is -2.25. The predicted octanol–water partition coefficient (Wildman–Crippen LogP) is 3.31. The highest BCUT2D eigenvalue weighted by molar-refractivity contribution is 6.01. The normalized spacial score (nSPS) is 27.2. The first-order valence-electron chi connectivity index (χ1n) is 7.50. The molecule has 2 atom stereocenters. The van der Waals surface area contributed by atoms with Crippen LogP contribution in [0.1, 0.15) is 48.5 Å². The van der Waals surface area contributed by atoms with Gasteiger partial charge in [0.2, 0.25) is 0 Å². The van der Waals surface area contributed by atoms with Gasteiger partial charge in [-0.25, -0.2) is 9.98 Å². The smallest absolute Gasteiger partial charge is 0.196 e. The van der Waals surface area contributed by atoms with Crippen molar-refractivity contribution < 1.29 is 9.47 Å². The maximum Gasteiger partial charge on any atom is 0.196 e. The molecule has 0 radical (unpaired) electrons. The van der Waals surface area contributed by atoms with E-state index in [1.54, 1.807) is 0 Å². The highest BCUT2D eigenvalue weighted by Crippen LogP contribution is 2.30. The Kier molecular flexibility index (Phi) is 3.87. The zero-order valence-corrected chi connectivity index (χ0v) is 13.9. The summed E-state index contributed by atoms with van der Waals surface area (Å²) in [7, 11) is 0. The van der Waals surface area contributed by atoms with Gasteiger partial charge in [0, 0.05) is 0 Å². The Labute approximate surface area is 122 Å². The fourth-order valence-corrected chi connectivity index (χ4v) is 2.25. The first kappa shape index (κ1) is 15.3. The van der Waals surface area contributed by atoms with E-state index in [4.69, 9.17) is 19.5 Å². The average Bonchev–Trinajstić information content (AvgIpc) is 2.96. The molecule has 0 bridgehead atoms. The Morgan fingerprint density at radius 1 is 0.850 bits per heavy atom. The molecule has 0 N–H and O–H groups in total. The number of rotatable bonds is 2. The number of nitrogens with zero attached hydrogens (tertiary/aromatic N) is 2. The van der Waals surface area contributed by atoms with Crippen molar-refractivity contribution in [1.82, 2.24) is 0 Å². The maximum absolute atomic E-state index is 5.78. The minimum absolute atomic E-state index is 0.0229. The largest absolute Gasteiger partial charge is 0.478 e. The molecular formula is C16H28N2O2. The van der Waals surface area contributed by atoms with Crippen molar-refractivity contribution in [2.45, 2.75) is 60.5 Å². The Hall–Kier alpha value is -1.06. The molecule has 2 aliphatic heterocycles. The van der Waals surface area contributed by atoms with Crippen molar-refractivity contribution in [2.75, 3.05) is 13.2 Å². The molecule has 20 heavy (non-hydrogen) atoms. The van der Waals surface area contributed by atoms with Crippen molar-refractivity contribution in [3.63, 3.8) is 0 Å². The van der Waals surface area contributed by atoms with Gasteiger partial charge in [-0.1, -0.05) is 41.5 Å². The van der Waals surface area contributed by atoms with Gasteiger partial charge in [-0.3, -0.25) is 0 Å². The second-order valence-corrected chi connectivity index (χ2v) is 8.04. The van der Waals surface area contributed by atoms with Crippen LogP contribution in [0.25, 0.3) is 0 Å². The molecule has 2 heterocycles. The summed E-state index contributed by atoms with van der Waals surface area (Å²) in [5.74, 6) is 1.58. The Balaban J connectivity index is 2.08. The summed E-state index contributed by atoms with van der Waals surface area (Å²) < 4.78 is 11.6. The molecule has 0 aromatic heterocycles. The summed E-state index contributed by atoms with van der Waals surface area (Å²) in [6, 6.07) is 0.445. The molecule has 4 nitrogen and oxygen atoms in total. The fraction of sp³-hybridized carbons (Fsp3) is 0.875. The van der Waals surface area contributed by atoms with Crippen LogP contribution >= 0.6 is 0 Å². The van der Waals surface area contributed by atoms with Crippen LogP contribution in [-0.4, -0.2) is 37.1 Å². The van der Waals surface area contributed by atoms with E-state index in [-0.39, 0.29) is 28.8 Å². The molecule has 0 aromatic carbocycles. The first-order valence-corrected chi connectivity index (χ1v) is 7.50. The van der Waals surface area contributed by atoms with Crippen LogP contribution in [0, 0.1) is 16.7 Å². The van der Waals surface area contributed by atoms with Crippen LogP contribution in [0.4, 0.5) is 0 Å². The van der Waals surface area contributed by atoms with Gasteiger partial charge >= 0.3 is 0 Å². The number of hydrogen-bond acceptors (Lipinski definition) is 4. The quantitative estimate of drug-likeness (QED) is 0.779. The molecule has 2 aliphatic rings. The predicted molar refractivity (Wildman–Crippen MR) is 82.4 cm³/mol. The van der Waals surface area contributed by atoms with Crippen LogP contribution in [-0.2, 0) is 9.47 Å². The standard InChI is InChI=1S/C16H28N2O2/c1-10(13-17-11(8-19-13)15(2,3)4)14-18-12(9-20-14)16(5,6)7/h10-12H,8-9H2,1-7H3/t11-,12-/m0/s1. The average molecular weight is 280 g/mol. The molecule has 0 fully saturated rings. The van der Waals surface area contributed by atoms with E-state index in [9.17, 15) is 0 Å². The van der Waals surface area contributed by atoms with E-state index in [1.165, 1.54) is 0 Å². The van der Waals surface area contributed by atoms with E-state index in [0.717, 1.165) is 11.8 Å². The summed E-state index contributed by atoms with van der Waals surface area (Å²) in [6.07, 6.45) is 0. The number of hydrogen-bond donors (Lipinski definition) is 0. The molecule has 0 unspecified atom stereocenters. The molecule has 0 aliphatic carbocycles. The molecule has 0 saturated heterocycles. The van der Waals surface area contributed by atoms with Gasteiger partial charge in [0.05, 0.1) is 12.1 Å². The number of ether oxygens (including phenoxy) is 2. The SMILES string of the molecule is CC(C1=N[C@H](C(C)(C)C)CO1)C1=N[C@H](C(C)(C)C)CO1. The lowest BCUT2D eigenvalue weighted by molar-refractivity contribution is 0.223. The van der Waals surface area contributed by atoms with Gasteiger partial charge in [-0.05, 0) is 17.8 Å². The lowest BCUT2D eigenvalue weighted by atomic mass is 9.88. The molecule has 114 valence electrons. The Morgan fingerprint density at radius 3 is 1.45 bits per heavy atom. The van der Waals surface area contributed by atoms with E-state index in [2.05, 4.69) is 48.5 Å². The molecule has 0 saturated carbocycles. The third kappa shape index (κ3) is 3.15. The third-order valence-corrected chi connectivity index (χ3v) is 4.08. The van der Waals surface area contributed by atoms with Crippen LogP contribution < -0.4 is 0 Å². The second kappa shape index (κ2) is 5.05. The Bertz CT molecular complexity index is 387. The first-order chi connectivity index (χ1) is 9.09. The topological polar surface area (TPSA) is 43.2 Å². The van der Waals surface area contributed by atoms with Crippen LogP contribution in [0.2, 0.25) is 0 Å². The highest BCUT2D eigenvalue weighted by Gasteiger charge is 2.37. The highest BCUT2D eigenvalue weighted by atomic mass is 16.5. The minimum atomic E-state index is 0.0229. The van der Waals surface area contributed by atoms with Crippen LogP contribution in [0.3, 0.4) is 0 Å². The summed E-state index contributed by atoms with van der Waals surface area (Å²) in [6.45, 7) is 16.5. The molecule has 2 rings (SSSR count). The van der Waals surface area contributed by atoms with Gasteiger partial charge in [-0.15, -0.1) is 0 Å². The maximum atomic E-state index is 5.78. The van der Waals surface area contributed by atoms with Crippen molar-refractivity contribution in [3.8, 4) is 0 Å². The Morgan fingerprint density at radius 2 is 1.20 bits per heavy atom. The monoisotopic (exact) mass is 280 g/mol. The lowest BCUT2D eigenvalue weighted by Gasteiger charge is -2.22. The zero-order chi connectivity index (χ0) is 15.1. The third-order valence-electron chi connectivity index (χ3n) is 4.08. The van der Waals surface area contributed by atoms with Crippen molar-refractivity contribution >= 4 is 11.8 Å². The van der Waals surface area contributed by atoms with E-state index >= 15 is 0 Å². The van der Waals surface area contributed by atoms with Crippen molar-refractivity contribution in [1.29, 1.82) is 0 Å². The van der Waals surface area contributed by atoms with E-state index in [0.29, 0.717) is 13.2 Å². The molecule has 0 spiro atoms. The second-order valence-electron chi connectivity index (χ2n) is 8.04. The van der Waals surface area contributed by atoms with Crippen LogP contribution in [0.15, 0.2) is 9.98 Å². The summed E-state index contributed by atoms with van der Waals surface area (Å²) in [5, 5.41) is 0. The summed E-state index contributed by atoms with van der Waals surface area (Å²) in [5.41, 5.74) is 0.265. The van der Waals surface area contributed by atoms with Crippen molar-refractivity contribution in [3.05, 3.63) is 0 Å². The van der Waals surface area contributed by atoms with E-state index in [1.807, 2.05) is 0 Å². The minimum Gasteiger partial charge on any atom is -0.478 e. The van der Waals surface area contributed by atoms with Gasteiger partial charge in [-0.2, -0.15) is 0 Å². The summed E-state index contributed by atoms with van der Waals surface area (Å²) >= 11 is 0. The molecular weight excluding hydrogens is 252 g/mol. The van der Waals surface area contributed by atoms with Gasteiger partial charge < -0.3 is 9.47 Å². The number of aliphatic imine (C=N–C) groups is 2. The van der Waals surface area contributed by atoms with Gasteiger partial charge in [0.15, 0.2) is 11.8 Å². The fourth-order valence-electron chi connectivity index (χ4n) is 2.25. The van der Waals surface area contributed by atoms with Crippen molar-refractivity contribution in [2.24, 2.45) is 26.7 Å². The molecule has 0 aromatic rings. The molecule has 0 amide bonds. The van der Waals surface area contributed by atoms with Gasteiger partial charge in [0.1, 0.15) is 19.1 Å². The van der Waals surface area contributed by atoms with E-state index < -0.39 is 0 Å². The molecule has 4 heteroatoms. The van der Waals surface area contributed by atoms with Crippen LogP contribution in [0.5, 0.6) is 0 Å². The zero-order valence-electron chi connectivity index (χ0n) is 13.9.